The van der Waals surface area contributed by atoms with Gasteiger partial charge in [-0.15, -0.1) is 0 Å². The second-order valence-corrected chi connectivity index (χ2v) is 7.79. The maximum absolute atomic E-state index is 12.9. The number of nitrogens with zero attached hydrogens (tertiary/aromatic N) is 2. The number of carbonyl (C=O) groups excluding carboxylic acids is 2. The van der Waals surface area contributed by atoms with Crippen molar-refractivity contribution in [3.8, 4) is 11.1 Å². The number of ether oxygens (including phenoxy) is 1. The van der Waals surface area contributed by atoms with Crippen molar-refractivity contribution in [3.63, 3.8) is 0 Å². The highest BCUT2D eigenvalue weighted by Crippen LogP contribution is 2.26. The number of carbonyl (C=O) groups is 2. The molecule has 2 amide bonds. The molecule has 1 aliphatic heterocycles. The molecule has 1 aromatic heterocycles. The summed E-state index contributed by atoms with van der Waals surface area (Å²) < 4.78 is 5.88. The largest absolute Gasteiger partial charge is 0.368 e. The molecule has 0 bridgehead atoms. The van der Waals surface area contributed by atoms with E-state index in [1.165, 1.54) is 6.92 Å². The molecular formula is C24H22ClN3O3. The highest BCUT2D eigenvalue weighted by molar-refractivity contribution is 6.30. The fourth-order valence-corrected chi connectivity index (χ4v) is 3.72. The van der Waals surface area contributed by atoms with E-state index in [0.29, 0.717) is 36.0 Å². The average molecular weight is 436 g/mol. The molecule has 31 heavy (non-hydrogen) atoms. The van der Waals surface area contributed by atoms with Crippen molar-refractivity contribution in [2.45, 2.75) is 13.0 Å². The molecule has 3 aromatic rings. The van der Waals surface area contributed by atoms with Gasteiger partial charge < -0.3 is 15.0 Å². The van der Waals surface area contributed by atoms with E-state index in [1.807, 2.05) is 36.4 Å². The number of rotatable bonds is 4. The summed E-state index contributed by atoms with van der Waals surface area (Å²) >= 11 is 6.08. The van der Waals surface area contributed by atoms with Gasteiger partial charge in [-0.3, -0.25) is 14.6 Å². The van der Waals surface area contributed by atoms with Crippen LogP contribution in [0.4, 0.5) is 5.69 Å². The lowest BCUT2D eigenvalue weighted by atomic mass is 10.1. The van der Waals surface area contributed by atoms with Gasteiger partial charge in [0.05, 0.1) is 18.8 Å². The molecule has 7 heteroatoms. The lowest BCUT2D eigenvalue weighted by Gasteiger charge is -2.32. The van der Waals surface area contributed by atoms with E-state index in [4.69, 9.17) is 16.3 Å². The predicted molar refractivity (Wildman–Crippen MR) is 120 cm³/mol. The number of morpholine rings is 1. The van der Waals surface area contributed by atoms with Crippen LogP contribution in [0.15, 0.2) is 66.9 Å². The maximum atomic E-state index is 12.9. The van der Waals surface area contributed by atoms with E-state index < -0.39 is 0 Å². The molecule has 0 aliphatic carbocycles. The summed E-state index contributed by atoms with van der Waals surface area (Å²) in [7, 11) is 0. The minimum Gasteiger partial charge on any atom is -0.368 e. The standard InChI is InChI=1S/C24H22ClN3O3/c1-16(29)27-21-8-5-17(6-9-21)24(30)28-11-12-31-23(15-28)22-10-7-19(14-26-22)18-3-2-4-20(25)13-18/h2-10,13-14,23H,11-12,15H2,1H3,(H,27,29)/t23-/m1/s1. The highest BCUT2D eigenvalue weighted by Gasteiger charge is 2.27. The second kappa shape index (κ2) is 9.29. The van der Waals surface area contributed by atoms with E-state index in [0.717, 1.165) is 16.8 Å². The van der Waals surface area contributed by atoms with Gasteiger partial charge in [-0.05, 0) is 48.0 Å². The molecule has 1 aliphatic rings. The molecular weight excluding hydrogens is 414 g/mol. The first-order valence-corrected chi connectivity index (χ1v) is 10.4. The minimum atomic E-state index is -0.287. The summed E-state index contributed by atoms with van der Waals surface area (Å²) in [6.45, 7) is 2.83. The number of benzene rings is 2. The van der Waals surface area contributed by atoms with Crippen molar-refractivity contribution >= 4 is 29.1 Å². The number of hydrogen-bond acceptors (Lipinski definition) is 4. The third-order valence-electron chi connectivity index (χ3n) is 5.08. The first-order valence-electron chi connectivity index (χ1n) is 10.00. The fourth-order valence-electron chi connectivity index (χ4n) is 3.53. The highest BCUT2D eigenvalue weighted by atomic mass is 35.5. The second-order valence-electron chi connectivity index (χ2n) is 7.35. The van der Waals surface area contributed by atoms with Crippen molar-refractivity contribution in [1.82, 2.24) is 9.88 Å². The first-order chi connectivity index (χ1) is 15.0. The molecule has 2 aromatic carbocycles. The number of anilines is 1. The summed E-state index contributed by atoms with van der Waals surface area (Å²) in [4.78, 5) is 30.4. The monoisotopic (exact) mass is 435 g/mol. The Morgan fingerprint density at radius 3 is 2.58 bits per heavy atom. The van der Waals surface area contributed by atoms with Crippen molar-refractivity contribution < 1.29 is 14.3 Å². The van der Waals surface area contributed by atoms with Crippen LogP contribution >= 0.6 is 11.6 Å². The van der Waals surface area contributed by atoms with Gasteiger partial charge in [0.2, 0.25) is 5.91 Å². The molecule has 2 heterocycles. The molecule has 0 unspecified atom stereocenters. The third kappa shape index (κ3) is 5.10. The average Bonchev–Trinajstić information content (AvgIpc) is 2.79. The Balaban J connectivity index is 1.44. The summed E-state index contributed by atoms with van der Waals surface area (Å²) in [5.74, 6) is -0.220. The Bertz CT molecular complexity index is 1080. The maximum Gasteiger partial charge on any atom is 0.254 e. The lowest BCUT2D eigenvalue weighted by molar-refractivity contribution is -0.114. The van der Waals surface area contributed by atoms with Crippen LogP contribution in [0, 0.1) is 0 Å². The van der Waals surface area contributed by atoms with Crippen molar-refractivity contribution in [2.75, 3.05) is 25.0 Å². The van der Waals surface area contributed by atoms with Gasteiger partial charge in [0, 0.05) is 41.5 Å². The van der Waals surface area contributed by atoms with Gasteiger partial charge in [-0.2, -0.15) is 0 Å². The zero-order valence-corrected chi connectivity index (χ0v) is 17.8. The van der Waals surface area contributed by atoms with Gasteiger partial charge in [-0.1, -0.05) is 29.8 Å². The Morgan fingerprint density at radius 1 is 1.10 bits per heavy atom. The lowest BCUT2D eigenvalue weighted by Crippen LogP contribution is -2.42. The molecule has 0 radical (unpaired) electrons. The summed E-state index contributed by atoms with van der Waals surface area (Å²) in [6.07, 6.45) is 1.51. The van der Waals surface area contributed by atoms with E-state index >= 15 is 0 Å². The van der Waals surface area contributed by atoms with Gasteiger partial charge in [-0.25, -0.2) is 0 Å². The molecule has 0 saturated carbocycles. The molecule has 1 saturated heterocycles. The fraction of sp³-hybridized carbons (Fsp3) is 0.208. The summed E-state index contributed by atoms with van der Waals surface area (Å²) in [5.41, 5.74) is 3.97. The molecule has 1 fully saturated rings. The van der Waals surface area contributed by atoms with Gasteiger partial charge in [0.1, 0.15) is 6.10 Å². The van der Waals surface area contributed by atoms with Crippen LogP contribution in [-0.2, 0) is 9.53 Å². The zero-order chi connectivity index (χ0) is 21.8. The van der Waals surface area contributed by atoms with E-state index in [1.54, 1.807) is 35.4 Å². The first kappa shape index (κ1) is 21.0. The van der Waals surface area contributed by atoms with E-state index in [2.05, 4.69) is 10.3 Å². The number of aromatic nitrogens is 1. The Morgan fingerprint density at radius 2 is 1.90 bits per heavy atom. The SMILES string of the molecule is CC(=O)Nc1ccc(C(=O)N2CCO[C@@H](c3ccc(-c4cccc(Cl)c4)cn3)C2)cc1. The van der Waals surface area contributed by atoms with Crippen molar-refractivity contribution in [1.29, 1.82) is 0 Å². The van der Waals surface area contributed by atoms with Gasteiger partial charge in [0.15, 0.2) is 0 Å². The number of hydrogen-bond donors (Lipinski definition) is 1. The molecule has 0 spiro atoms. The van der Waals surface area contributed by atoms with Crippen LogP contribution in [0.3, 0.4) is 0 Å². The zero-order valence-electron chi connectivity index (χ0n) is 17.0. The molecule has 6 nitrogen and oxygen atoms in total. The number of amides is 2. The van der Waals surface area contributed by atoms with Crippen LogP contribution in [0.2, 0.25) is 5.02 Å². The van der Waals surface area contributed by atoms with E-state index in [9.17, 15) is 9.59 Å². The molecule has 4 rings (SSSR count). The Labute approximate surface area is 185 Å². The van der Waals surface area contributed by atoms with E-state index in [-0.39, 0.29) is 17.9 Å². The van der Waals surface area contributed by atoms with Gasteiger partial charge in [0.25, 0.3) is 5.91 Å². The van der Waals surface area contributed by atoms with Crippen molar-refractivity contribution in [2.24, 2.45) is 0 Å². The molecule has 1 atom stereocenters. The Kier molecular flexibility index (Phi) is 6.30. The van der Waals surface area contributed by atoms with Crippen LogP contribution < -0.4 is 5.32 Å². The quantitative estimate of drug-likeness (QED) is 0.651. The number of pyridine rings is 1. The van der Waals surface area contributed by atoms with Gasteiger partial charge >= 0.3 is 0 Å². The van der Waals surface area contributed by atoms with Crippen LogP contribution in [0.5, 0.6) is 0 Å². The number of halogens is 1. The number of nitrogens with one attached hydrogen (secondary N) is 1. The van der Waals surface area contributed by atoms with Crippen molar-refractivity contribution in [3.05, 3.63) is 83.1 Å². The minimum absolute atomic E-state index is 0.0711. The molecule has 1 N–H and O–H groups in total. The van der Waals surface area contributed by atoms with Crippen LogP contribution in [0.25, 0.3) is 11.1 Å². The summed E-state index contributed by atoms with van der Waals surface area (Å²) in [5, 5.41) is 3.38. The molecule has 158 valence electrons. The van der Waals surface area contributed by atoms with Crippen LogP contribution in [0.1, 0.15) is 29.1 Å². The normalized spacial score (nSPS) is 16.1. The predicted octanol–water partition coefficient (Wildman–Crippen LogP) is 4.57. The smallest absolute Gasteiger partial charge is 0.254 e. The third-order valence-corrected chi connectivity index (χ3v) is 5.32. The Hall–Kier alpha value is -3.22. The summed E-state index contributed by atoms with van der Waals surface area (Å²) in [6, 6.07) is 18.4. The topological polar surface area (TPSA) is 71.5 Å². The van der Waals surface area contributed by atoms with Crippen LogP contribution in [-0.4, -0.2) is 41.4 Å².